The number of aryl methyl sites for hydroxylation is 1. The van der Waals surface area contributed by atoms with Crippen LogP contribution in [0.2, 0.25) is 0 Å². The highest BCUT2D eigenvalue weighted by atomic mass is 19.1. The lowest BCUT2D eigenvalue weighted by atomic mass is 10.1. The van der Waals surface area contributed by atoms with Crippen molar-refractivity contribution in [3.05, 3.63) is 53.3 Å². The number of rotatable bonds is 3. The molecule has 0 unspecified atom stereocenters. The fourth-order valence-electron chi connectivity index (χ4n) is 1.78. The van der Waals surface area contributed by atoms with Crippen molar-refractivity contribution >= 4 is 17.3 Å². The number of halogens is 1. The molecule has 0 atom stereocenters. The normalized spacial score (nSPS) is 10.2. The number of nitrogen functional groups attached to an aromatic ring is 1. The van der Waals surface area contributed by atoms with E-state index >= 15 is 0 Å². The molecule has 2 rings (SSSR count). The molecule has 1 amide bonds. The summed E-state index contributed by atoms with van der Waals surface area (Å²) < 4.78 is 18.2. The van der Waals surface area contributed by atoms with Crippen LogP contribution in [0.5, 0.6) is 5.75 Å². The number of anilines is 2. The highest BCUT2D eigenvalue weighted by molar-refractivity contribution is 6.05. The molecule has 0 aliphatic heterocycles. The Hall–Kier alpha value is -2.56. The lowest BCUT2D eigenvalue weighted by Gasteiger charge is -2.10. The number of nitrogens with one attached hydrogen (secondary N) is 1. The van der Waals surface area contributed by atoms with E-state index in [0.29, 0.717) is 22.7 Å². The molecule has 0 heterocycles. The summed E-state index contributed by atoms with van der Waals surface area (Å²) in [6.07, 6.45) is 0. The van der Waals surface area contributed by atoms with Crippen LogP contribution in [0, 0.1) is 12.7 Å². The Morgan fingerprint density at radius 3 is 2.70 bits per heavy atom. The average molecular weight is 274 g/mol. The standard InChI is InChI=1S/C15H15FN2O2/c1-9-3-5-11(16)8-13(9)18-15(19)10-4-6-12(17)14(7-10)20-2/h3-8H,17H2,1-2H3,(H,18,19). The SMILES string of the molecule is COc1cc(C(=O)Nc2cc(F)ccc2C)ccc1N. The van der Waals surface area contributed by atoms with Crippen molar-refractivity contribution in [2.45, 2.75) is 6.92 Å². The van der Waals surface area contributed by atoms with Crippen molar-refractivity contribution in [1.82, 2.24) is 0 Å². The van der Waals surface area contributed by atoms with Crippen LogP contribution in [0.25, 0.3) is 0 Å². The summed E-state index contributed by atoms with van der Waals surface area (Å²) in [6.45, 7) is 1.79. The molecule has 0 fully saturated rings. The molecular formula is C15H15FN2O2. The number of benzene rings is 2. The molecule has 0 saturated heterocycles. The Morgan fingerprint density at radius 2 is 2.00 bits per heavy atom. The van der Waals surface area contributed by atoms with Crippen molar-refractivity contribution in [2.24, 2.45) is 0 Å². The van der Waals surface area contributed by atoms with Crippen molar-refractivity contribution in [3.8, 4) is 5.75 Å². The van der Waals surface area contributed by atoms with Crippen LogP contribution in [0.15, 0.2) is 36.4 Å². The summed E-state index contributed by atoms with van der Waals surface area (Å²) in [5.41, 5.74) is 7.74. The van der Waals surface area contributed by atoms with E-state index in [4.69, 9.17) is 10.5 Å². The third-order valence-electron chi connectivity index (χ3n) is 2.94. The van der Waals surface area contributed by atoms with Crippen molar-refractivity contribution in [2.75, 3.05) is 18.2 Å². The molecule has 0 radical (unpaired) electrons. The summed E-state index contributed by atoms with van der Waals surface area (Å²) in [7, 11) is 1.48. The predicted molar refractivity (Wildman–Crippen MR) is 76.5 cm³/mol. The fraction of sp³-hybridized carbons (Fsp3) is 0.133. The second kappa shape index (κ2) is 5.61. The van der Waals surface area contributed by atoms with Crippen LogP contribution in [0.3, 0.4) is 0 Å². The highest BCUT2D eigenvalue weighted by Gasteiger charge is 2.11. The summed E-state index contributed by atoms with van der Waals surface area (Å²) in [5.74, 6) is -0.327. The van der Waals surface area contributed by atoms with Gasteiger partial charge in [0.25, 0.3) is 5.91 Å². The molecule has 2 aromatic rings. The summed E-state index contributed by atoms with van der Waals surface area (Å²) >= 11 is 0. The van der Waals surface area contributed by atoms with Crippen LogP contribution >= 0.6 is 0 Å². The second-order valence-electron chi connectivity index (χ2n) is 4.37. The molecule has 4 nitrogen and oxygen atoms in total. The van der Waals surface area contributed by atoms with E-state index in [0.717, 1.165) is 5.56 Å². The number of hydrogen-bond donors (Lipinski definition) is 2. The van der Waals surface area contributed by atoms with Gasteiger partial charge < -0.3 is 15.8 Å². The van der Waals surface area contributed by atoms with Crippen LogP contribution in [0.4, 0.5) is 15.8 Å². The smallest absolute Gasteiger partial charge is 0.255 e. The average Bonchev–Trinajstić information content (AvgIpc) is 2.43. The first-order chi connectivity index (χ1) is 9.51. The van der Waals surface area contributed by atoms with Gasteiger partial charge in [-0.15, -0.1) is 0 Å². The lowest BCUT2D eigenvalue weighted by Crippen LogP contribution is -2.13. The van der Waals surface area contributed by atoms with Crippen molar-refractivity contribution < 1.29 is 13.9 Å². The summed E-state index contributed by atoms with van der Waals surface area (Å²) in [6, 6.07) is 8.95. The number of methoxy groups -OCH3 is 1. The second-order valence-corrected chi connectivity index (χ2v) is 4.37. The summed E-state index contributed by atoms with van der Waals surface area (Å²) in [4.78, 5) is 12.1. The molecule has 2 aromatic carbocycles. The van der Waals surface area contributed by atoms with Gasteiger partial charge in [0.15, 0.2) is 0 Å². The lowest BCUT2D eigenvalue weighted by molar-refractivity contribution is 0.102. The highest BCUT2D eigenvalue weighted by Crippen LogP contribution is 2.23. The van der Waals surface area contributed by atoms with E-state index in [1.165, 1.54) is 19.2 Å². The number of carbonyl (C=O) groups excluding carboxylic acids is 1. The minimum Gasteiger partial charge on any atom is -0.495 e. The zero-order valence-corrected chi connectivity index (χ0v) is 11.2. The molecule has 0 spiro atoms. The van der Waals surface area contributed by atoms with Gasteiger partial charge >= 0.3 is 0 Å². The maximum absolute atomic E-state index is 13.2. The maximum atomic E-state index is 13.2. The topological polar surface area (TPSA) is 64.3 Å². The maximum Gasteiger partial charge on any atom is 0.255 e. The van der Waals surface area contributed by atoms with Crippen LogP contribution in [-0.2, 0) is 0 Å². The third kappa shape index (κ3) is 2.88. The van der Waals surface area contributed by atoms with E-state index in [9.17, 15) is 9.18 Å². The largest absolute Gasteiger partial charge is 0.495 e. The van der Waals surface area contributed by atoms with Gasteiger partial charge in [0.05, 0.1) is 12.8 Å². The number of ether oxygens (including phenoxy) is 1. The molecule has 0 aliphatic rings. The molecule has 0 saturated carbocycles. The minimum atomic E-state index is -0.402. The first kappa shape index (κ1) is 13.9. The van der Waals surface area contributed by atoms with Gasteiger partial charge in [0.2, 0.25) is 0 Å². The van der Waals surface area contributed by atoms with Gasteiger partial charge in [-0.1, -0.05) is 6.07 Å². The summed E-state index contributed by atoms with van der Waals surface area (Å²) in [5, 5.41) is 2.66. The van der Waals surface area contributed by atoms with Gasteiger partial charge in [-0.3, -0.25) is 4.79 Å². The molecule has 0 aliphatic carbocycles. The van der Waals surface area contributed by atoms with Crippen molar-refractivity contribution in [3.63, 3.8) is 0 Å². The van der Waals surface area contributed by atoms with Crippen molar-refractivity contribution in [1.29, 1.82) is 0 Å². The third-order valence-corrected chi connectivity index (χ3v) is 2.94. The quantitative estimate of drug-likeness (QED) is 0.846. The van der Waals surface area contributed by atoms with Crippen LogP contribution < -0.4 is 15.8 Å². The Bertz CT molecular complexity index is 656. The molecule has 0 aromatic heterocycles. The number of amides is 1. The van der Waals surface area contributed by atoms with Gasteiger partial charge in [-0.25, -0.2) is 4.39 Å². The molecule has 3 N–H and O–H groups in total. The molecule has 104 valence electrons. The molecule has 0 bridgehead atoms. The van der Waals surface area contributed by atoms with Gasteiger partial charge in [0.1, 0.15) is 11.6 Å². The van der Waals surface area contributed by atoms with Gasteiger partial charge in [0, 0.05) is 11.3 Å². The number of carbonyl (C=O) groups is 1. The van der Waals surface area contributed by atoms with Crippen LogP contribution in [-0.4, -0.2) is 13.0 Å². The zero-order valence-electron chi connectivity index (χ0n) is 11.2. The van der Waals surface area contributed by atoms with Gasteiger partial charge in [-0.2, -0.15) is 0 Å². The fourth-order valence-corrected chi connectivity index (χ4v) is 1.78. The van der Waals surface area contributed by atoms with E-state index in [1.54, 1.807) is 31.2 Å². The van der Waals surface area contributed by atoms with E-state index in [-0.39, 0.29) is 5.91 Å². The zero-order chi connectivity index (χ0) is 14.7. The number of nitrogens with two attached hydrogens (primary N) is 1. The Labute approximate surface area is 116 Å². The van der Waals surface area contributed by atoms with E-state index in [1.807, 2.05) is 0 Å². The first-order valence-electron chi connectivity index (χ1n) is 6.02. The first-order valence-corrected chi connectivity index (χ1v) is 6.02. The Morgan fingerprint density at radius 1 is 1.25 bits per heavy atom. The van der Waals surface area contributed by atoms with E-state index in [2.05, 4.69) is 5.32 Å². The molecule has 20 heavy (non-hydrogen) atoms. The van der Waals surface area contributed by atoms with Crippen LogP contribution in [0.1, 0.15) is 15.9 Å². The molecule has 5 heteroatoms. The van der Waals surface area contributed by atoms with E-state index < -0.39 is 5.82 Å². The minimum absolute atomic E-state index is 0.350. The predicted octanol–water partition coefficient (Wildman–Crippen LogP) is 2.98. The monoisotopic (exact) mass is 274 g/mol. The molecular weight excluding hydrogens is 259 g/mol. The van der Waals surface area contributed by atoms with Gasteiger partial charge in [-0.05, 0) is 42.8 Å². The number of hydrogen-bond acceptors (Lipinski definition) is 3. The Kier molecular flexibility index (Phi) is 3.89. The Balaban J connectivity index is 2.26.